The monoisotopic (exact) mass is 660 g/mol. The topological polar surface area (TPSA) is 105 Å². The Bertz CT molecular complexity index is 1740. The number of benzene rings is 3. The molecule has 0 saturated carbocycles. The van der Waals surface area contributed by atoms with Gasteiger partial charge in [-0.25, -0.2) is 4.79 Å². The van der Waals surface area contributed by atoms with E-state index in [4.69, 9.17) is 33.2 Å². The van der Waals surface area contributed by atoms with E-state index in [9.17, 15) is 9.59 Å². The van der Waals surface area contributed by atoms with Crippen LogP contribution in [0, 0.1) is 13.8 Å². The molecular weight excluding hydrogens is 616 g/mol. The van der Waals surface area contributed by atoms with Gasteiger partial charge in [-0.1, -0.05) is 30.3 Å². The number of carbonyl (C=O) groups excluding carboxylic acids is 2. The zero-order valence-corrected chi connectivity index (χ0v) is 29.3. The Hall–Kier alpha value is -5.06. The van der Waals surface area contributed by atoms with E-state index in [1.165, 1.54) is 4.90 Å². The Balaban J connectivity index is 1.92. The van der Waals surface area contributed by atoms with Crippen LogP contribution in [-0.2, 0) is 22.5 Å². The first-order valence-corrected chi connectivity index (χ1v) is 15.7. The molecule has 2 aliphatic heterocycles. The summed E-state index contributed by atoms with van der Waals surface area (Å²) in [6.45, 7) is 7.55. The number of amides is 2. The molecule has 0 radical (unpaired) electrons. The number of nitrogens with zero attached hydrogens (tertiary/aromatic N) is 2. The number of methoxy groups -OCH3 is 6. The average Bonchev–Trinajstić information content (AvgIpc) is 3.07. The summed E-state index contributed by atoms with van der Waals surface area (Å²) in [5, 5.41) is 0. The SMILES string of the molecule is COc1cc(C=C2[C@@H]3c4c(c(OC)c(C)c(OC)c4OC)C[C@@H](C(=O)N2Cc2ccccc2)N3C(=O)OC(C)C)c(OC)c(C)c1OC. The molecule has 1 saturated heterocycles. The number of fused-ring (bicyclic) bond motifs is 4. The minimum Gasteiger partial charge on any atom is -0.496 e. The summed E-state index contributed by atoms with van der Waals surface area (Å²) in [6.07, 6.45) is 0.985. The van der Waals surface area contributed by atoms with Crippen LogP contribution in [-0.4, -0.2) is 76.6 Å². The molecule has 11 heteroatoms. The quantitative estimate of drug-likeness (QED) is 0.250. The third-order valence-electron chi connectivity index (χ3n) is 8.89. The number of carbonyl (C=O) groups is 2. The lowest BCUT2D eigenvalue weighted by molar-refractivity contribution is -0.141. The van der Waals surface area contributed by atoms with Crippen LogP contribution in [0.15, 0.2) is 42.1 Å². The van der Waals surface area contributed by atoms with Crippen LogP contribution >= 0.6 is 0 Å². The maximum atomic E-state index is 14.8. The van der Waals surface area contributed by atoms with Gasteiger partial charge in [0.25, 0.3) is 0 Å². The molecule has 3 aromatic rings. The third kappa shape index (κ3) is 5.71. The van der Waals surface area contributed by atoms with E-state index in [0.29, 0.717) is 56.9 Å². The molecular formula is C37H44N2O9. The maximum absolute atomic E-state index is 14.8. The standard InChI is InChI=1S/C37H44N2O9/c1-20(2)48-37(41)39-27-18-25-29(35(47-10)34(46-9)22(4)32(25)44-7)30(39)26(38(36(27)40)19-23-14-12-11-13-15-23)16-24-17-28(42-5)33(45-8)21(3)31(24)43-6/h11-17,20,27,30H,18-19H2,1-10H3/t27-,30+/m0/s1. The highest BCUT2D eigenvalue weighted by atomic mass is 16.6. The summed E-state index contributed by atoms with van der Waals surface area (Å²) in [5.74, 6) is 2.73. The third-order valence-corrected chi connectivity index (χ3v) is 8.89. The van der Waals surface area contributed by atoms with E-state index in [2.05, 4.69) is 0 Å². The number of rotatable bonds is 10. The van der Waals surface area contributed by atoms with Crippen molar-refractivity contribution >= 4 is 18.1 Å². The molecule has 2 aliphatic rings. The minimum absolute atomic E-state index is 0.180. The molecule has 256 valence electrons. The molecule has 0 spiro atoms. The second kappa shape index (κ2) is 14.0. The van der Waals surface area contributed by atoms with Crippen molar-refractivity contribution in [2.75, 3.05) is 42.7 Å². The molecule has 0 aliphatic carbocycles. The summed E-state index contributed by atoms with van der Waals surface area (Å²) >= 11 is 0. The Kier molecular flexibility index (Phi) is 9.98. The van der Waals surface area contributed by atoms with E-state index in [1.54, 1.807) is 67.5 Å². The average molecular weight is 661 g/mol. The number of hydrogen-bond acceptors (Lipinski definition) is 9. The van der Waals surface area contributed by atoms with E-state index < -0.39 is 24.3 Å². The number of piperazine rings is 1. The van der Waals surface area contributed by atoms with Crippen LogP contribution in [0.2, 0.25) is 0 Å². The Morgan fingerprint density at radius 3 is 2.00 bits per heavy atom. The second-order valence-corrected chi connectivity index (χ2v) is 11.9. The Morgan fingerprint density at radius 1 is 0.833 bits per heavy atom. The zero-order valence-electron chi connectivity index (χ0n) is 29.3. The van der Waals surface area contributed by atoms with Crippen LogP contribution in [0.1, 0.15) is 53.3 Å². The highest BCUT2D eigenvalue weighted by Crippen LogP contribution is 2.55. The first-order valence-electron chi connectivity index (χ1n) is 15.7. The summed E-state index contributed by atoms with van der Waals surface area (Å²) in [7, 11) is 9.41. The van der Waals surface area contributed by atoms with Gasteiger partial charge in [-0.2, -0.15) is 0 Å². The molecule has 1 fully saturated rings. The molecule has 48 heavy (non-hydrogen) atoms. The summed E-state index contributed by atoms with van der Waals surface area (Å²) < 4.78 is 41.0. The lowest BCUT2D eigenvalue weighted by atomic mass is 9.80. The van der Waals surface area contributed by atoms with E-state index in [1.807, 2.05) is 50.3 Å². The summed E-state index contributed by atoms with van der Waals surface area (Å²) in [6, 6.07) is 9.75. The zero-order chi connectivity index (χ0) is 34.9. The lowest BCUT2D eigenvalue weighted by Crippen LogP contribution is -2.61. The number of ether oxygens (including phenoxy) is 7. The van der Waals surface area contributed by atoms with Crippen molar-refractivity contribution in [3.63, 3.8) is 0 Å². The Labute approximate surface area is 281 Å². The van der Waals surface area contributed by atoms with Gasteiger partial charge in [0.05, 0.1) is 55.3 Å². The molecule has 11 nitrogen and oxygen atoms in total. The summed E-state index contributed by atoms with van der Waals surface area (Å²) in [4.78, 5) is 32.2. The molecule has 2 atom stereocenters. The van der Waals surface area contributed by atoms with Gasteiger partial charge >= 0.3 is 6.09 Å². The highest BCUT2D eigenvalue weighted by molar-refractivity contribution is 5.93. The smallest absolute Gasteiger partial charge is 0.411 e. The minimum atomic E-state index is -0.893. The molecule has 2 heterocycles. The normalized spacial score (nSPS) is 17.6. The highest BCUT2D eigenvalue weighted by Gasteiger charge is 2.54. The largest absolute Gasteiger partial charge is 0.496 e. The van der Waals surface area contributed by atoms with Crippen molar-refractivity contribution in [3.05, 3.63) is 75.5 Å². The molecule has 2 amide bonds. The molecule has 0 N–H and O–H groups in total. The van der Waals surface area contributed by atoms with Gasteiger partial charge in [0.15, 0.2) is 23.0 Å². The second-order valence-electron chi connectivity index (χ2n) is 11.9. The van der Waals surface area contributed by atoms with Crippen LogP contribution < -0.4 is 28.4 Å². The van der Waals surface area contributed by atoms with E-state index in [-0.39, 0.29) is 18.9 Å². The first-order chi connectivity index (χ1) is 23.1. The molecule has 5 rings (SSSR count). The predicted molar refractivity (Wildman–Crippen MR) is 180 cm³/mol. The fraction of sp³-hybridized carbons (Fsp3) is 0.405. The van der Waals surface area contributed by atoms with E-state index >= 15 is 0 Å². The van der Waals surface area contributed by atoms with Crippen LogP contribution in [0.4, 0.5) is 4.79 Å². The van der Waals surface area contributed by atoms with Gasteiger partial charge in [-0.15, -0.1) is 0 Å². The van der Waals surface area contributed by atoms with Crippen LogP contribution in [0.25, 0.3) is 6.08 Å². The van der Waals surface area contributed by atoms with Crippen LogP contribution in [0.3, 0.4) is 0 Å². The molecule has 0 unspecified atom stereocenters. The predicted octanol–water partition coefficient (Wildman–Crippen LogP) is 6.25. The first kappa shape index (κ1) is 34.3. The fourth-order valence-electron chi connectivity index (χ4n) is 6.97. The molecule has 2 bridgehead atoms. The maximum Gasteiger partial charge on any atom is 0.411 e. The number of hydrogen-bond donors (Lipinski definition) is 0. The van der Waals surface area contributed by atoms with Crippen molar-refractivity contribution in [1.29, 1.82) is 0 Å². The van der Waals surface area contributed by atoms with Crippen molar-refractivity contribution in [1.82, 2.24) is 9.80 Å². The van der Waals surface area contributed by atoms with Gasteiger partial charge in [0, 0.05) is 39.9 Å². The van der Waals surface area contributed by atoms with Crippen molar-refractivity contribution in [2.24, 2.45) is 0 Å². The van der Waals surface area contributed by atoms with Crippen molar-refractivity contribution < 1.29 is 42.7 Å². The Morgan fingerprint density at radius 2 is 1.44 bits per heavy atom. The van der Waals surface area contributed by atoms with Gasteiger partial charge < -0.3 is 38.1 Å². The van der Waals surface area contributed by atoms with Gasteiger partial charge in [-0.05, 0) is 45.4 Å². The molecule has 3 aromatic carbocycles. The van der Waals surface area contributed by atoms with Crippen LogP contribution in [0.5, 0.6) is 34.5 Å². The fourth-order valence-corrected chi connectivity index (χ4v) is 6.97. The van der Waals surface area contributed by atoms with Gasteiger partial charge in [-0.3, -0.25) is 9.69 Å². The van der Waals surface area contributed by atoms with Crippen molar-refractivity contribution in [3.8, 4) is 34.5 Å². The van der Waals surface area contributed by atoms with Gasteiger partial charge in [0.2, 0.25) is 5.91 Å². The van der Waals surface area contributed by atoms with Crippen molar-refractivity contribution in [2.45, 2.75) is 58.8 Å². The molecule has 0 aromatic heterocycles. The van der Waals surface area contributed by atoms with E-state index in [0.717, 1.165) is 16.7 Å². The summed E-state index contributed by atoms with van der Waals surface area (Å²) in [5.41, 5.74) is 4.85. The van der Waals surface area contributed by atoms with Gasteiger partial charge in [0.1, 0.15) is 23.6 Å². The lowest BCUT2D eigenvalue weighted by Gasteiger charge is -2.51.